The highest BCUT2D eigenvalue weighted by molar-refractivity contribution is 5.92. The number of nitrogens with zero attached hydrogens (tertiary/aromatic N) is 3. The quantitative estimate of drug-likeness (QED) is 0.830. The summed E-state index contributed by atoms with van der Waals surface area (Å²) in [6, 6.07) is 9.51. The van der Waals surface area contributed by atoms with Gasteiger partial charge in [0.25, 0.3) is 0 Å². The van der Waals surface area contributed by atoms with Gasteiger partial charge < -0.3 is 14.7 Å². The Morgan fingerprint density at radius 3 is 2.27 bits per heavy atom. The zero-order chi connectivity index (χ0) is 15.9. The second-order valence-electron chi connectivity index (χ2n) is 5.57. The summed E-state index contributed by atoms with van der Waals surface area (Å²) in [5, 5.41) is 0. The smallest absolute Gasteiger partial charge is 0.224 e. The lowest BCUT2D eigenvalue weighted by Crippen LogP contribution is -2.49. The van der Waals surface area contributed by atoms with E-state index in [4.69, 9.17) is 0 Å². The van der Waals surface area contributed by atoms with E-state index in [0.717, 1.165) is 38.4 Å². The Hall–Kier alpha value is -1.88. The lowest BCUT2D eigenvalue weighted by Gasteiger charge is -2.34. The van der Waals surface area contributed by atoms with Crippen molar-refractivity contribution in [2.24, 2.45) is 0 Å². The van der Waals surface area contributed by atoms with Crippen LogP contribution in [-0.4, -0.2) is 60.9 Å². The minimum absolute atomic E-state index is 0.0326. The van der Waals surface area contributed by atoms with Gasteiger partial charge in [-0.15, -0.1) is 0 Å². The molecule has 5 nitrogen and oxygen atoms in total. The first-order valence-electron chi connectivity index (χ1n) is 7.95. The van der Waals surface area contributed by atoms with Gasteiger partial charge in [0.1, 0.15) is 0 Å². The average molecular weight is 303 g/mol. The Morgan fingerprint density at radius 2 is 1.73 bits per heavy atom. The van der Waals surface area contributed by atoms with Crippen LogP contribution < -0.4 is 4.90 Å². The number of anilines is 1. The van der Waals surface area contributed by atoms with Crippen LogP contribution in [-0.2, 0) is 9.59 Å². The highest BCUT2D eigenvalue weighted by Crippen LogP contribution is 2.14. The summed E-state index contributed by atoms with van der Waals surface area (Å²) < 4.78 is 0. The highest BCUT2D eigenvalue weighted by atomic mass is 16.2. The van der Waals surface area contributed by atoms with Gasteiger partial charge in [0.15, 0.2) is 0 Å². The number of hydrogen-bond donors (Lipinski definition) is 0. The summed E-state index contributed by atoms with van der Waals surface area (Å²) in [5.74, 6) is 0.104. The molecule has 0 radical (unpaired) electrons. The van der Waals surface area contributed by atoms with Gasteiger partial charge in [-0.2, -0.15) is 0 Å². The fourth-order valence-corrected chi connectivity index (χ4v) is 2.76. The molecule has 1 aromatic carbocycles. The second-order valence-corrected chi connectivity index (χ2v) is 5.57. The van der Waals surface area contributed by atoms with Crippen molar-refractivity contribution in [2.75, 3.05) is 44.2 Å². The number of benzene rings is 1. The number of hydrogen-bond acceptors (Lipinski definition) is 3. The van der Waals surface area contributed by atoms with Crippen LogP contribution >= 0.6 is 0 Å². The normalized spacial score (nSPS) is 15.6. The van der Waals surface area contributed by atoms with Crippen LogP contribution in [0.25, 0.3) is 0 Å². The Morgan fingerprint density at radius 1 is 1.09 bits per heavy atom. The Bertz CT molecular complexity index is 496. The lowest BCUT2D eigenvalue weighted by molar-refractivity contribution is -0.132. The van der Waals surface area contributed by atoms with E-state index in [1.165, 1.54) is 6.92 Å². The molecule has 2 rings (SSSR count). The maximum absolute atomic E-state index is 12.3. The van der Waals surface area contributed by atoms with E-state index >= 15 is 0 Å². The summed E-state index contributed by atoms with van der Waals surface area (Å²) in [6.45, 7) is 8.62. The van der Waals surface area contributed by atoms with Gasteiger partial charge in [-0.3, -0.25) is 9.59 Å². The van der Waals surface area contributed by atoms with Crippen LogP contribution in [0.3, 0.4) is 0 Å². The number of carbonyl (C=O) groups excluding carboxylic acids is 2. The van der Waals surface area contributed by atoms with Gasteiger partial charge in [0.05, 0.1) is 0 Å². The minimum atomic E-state index is -0.0326. The number of carbonyl (C=O) groups is 2. The lowest BCUT2D eigenvalue weighted by atomic mass is 10.2. The van der Waals surface area contributed by atoms with Crippen LogP contribution in [0.5, 0.6) is 0 Å². The Kier molecular flexibility index (Phi) is 5.95. The van der Waals surface area contributed by atoms with Gasteiger partial charge in [0.2, 0.25) is 11.8 Å². The highest BCUT2D eigenvalue weighted by Gasteiger charge is 2.21. The summed E-state index contributed by atoms with van der Waals surface area (Å²) >= 11 is 0. The predicted octanol–water partition coefficient (Wildman–Crippen LogP) is 1.59. The average Bonchev–Trinajstić information content (AvgIpc) is 2.55. The van der Waals surface area contributed by atoms with E-state index in [0.29, 0.717) is 13.0 Å². The molecule has 1 aliphatic heterocycles. The van der Waals surface area contributed by atoms with E-state index in [1.807, 2.05) is 35.2 Å². The molecule has 0 N–H and O–H groups in total. The van der Waals surface area contributed by atoms with E-state index < -0.39 is 0 Å². The van der Waals surface area contributed by atoms with Gasteiger partial charge in [-0.1, -0.05) is 25.1 Å². The molecule has 0 aliphatic carbocycles. The van der Waals surface area contributed by atoms with Crippen LogP contribution in [0, 0.1) is 0 Å². The molecular weight excluding hydrogens is 278 g/mol. The van der Waals surface area contributed by atoms with Crippen molar-refractivity contribution >= 4 is 17.5 Å². The second kappa shape index (κ2) is 7.94. The van der Waals surface area contributed by atoms with Crippen molar-refractivity contribution in [1.82, 2.24) is 9.80 Å². The first kappa shape index (κ1) is 16.5. The molecule has 1 heterocycles. The van der Waals surface area contributed by atoms with Crippen LogP contribution in [0.4, 0.5) is 5.69 Å². The predicted molar refractivity (Wildman–Crippen MR) is 87.8 cm³/mol. The summed E-state index contributed by atoms with van der Waals surface area (Å²) in [7, 11) is 0. The molecule has 0 unspecified atom stereocenters. The standard InChI is InChI=1S/C17H25N3O2/c1-3-18-11-13-19(14-12-18)17(22)9-10-20(15(2)21)16-7-5-4-6-8-16/h4-8H,3,9-14H2,1-2H3. The van der Waals surface area contributed by atoms with Crippen molar-refractivity contribution in [1.29, 1.82) is 0 Å². The molecule has 0 saturated carbocycles. The molecule has 1 saturated heterocycles. The zero-order valence-electron chi connectivity index (χ0n) is 13.5. The zero-order valence-corrected chi connectivity index (χ0v) is 13.5. The van der Waals surface area contributed by atoms with Gasteiger partial charge in [-0.05, 0) is 18.7 Å². The molecule has 1 aromatic rings. The molecule has 5 heteroatoms. The third-order valence-electron chi connectivity index (χ3n) is 4.17. The monoisotopic (exact) mass is 303 g/mol. The van der Waals surface area contributed by atoms with Gasteiger partial charge in [-0.25, -0.2) is 0 Å². The van der Waals surface area contributed by atoms with E-state index in [-0.39, 0.29) is 11.8 Å². The van der Waals surface area contributed by atoms with Crippen LogP contribution in [0.15, 0.2) is 30.3 Å². The third kappa shape index (κ3) is 4.31. The Balaban J connectivity index is 1.87. The van der Waals surface area contributed by atoms with E-state index in [9.17, 15) is 9.59 Å². The first-order chi connectivity index (χ1) is 10.6. The fourth-order valence-electron chi connectivity index (χ4n) is 2.76. The number of piperazine rings is 1. The molecule has 2 amide bonds. The largest absolute Gasteiger partial charge is 0.340 e. The van der Waals surface area contributed by atoms with Gasteiger partial charge in [0, 0.05) is 51.8 Å². The van der Waals surface area contributed by atoms with Crippen LogP contribution in [0.1, 0.15) is 20.3 Å². The van der Waals surface area contributed by atoms with Crippen molar-refractivity contribution in [3.05, 3.63) is 30.3 Å². The number of likely N-dealkylation sites (N-methyl/N-ethyl adjacent to an activating group) is 1. The molecule has 120 valence electrons. The van der Waals surface area contributed by atoms with E-state index in [2.05, 4.69) is 11.8 Å². The van der Waals surface area contributed by atoms with Gasteiger partial charge >= 0.3 is 0 Å². The molecule has 0 bridgehead atoms. The molecule has 1 aliphatic rings. The Labute approximate surface area is 132 Å². The van der Waals surface area contributed by atoms with Crippen molar-refractivity contribution in [3.8, 4) is 0 Å². The maximum atomic E-state index is 12.3. The SMILES string of the molecule is CCN1CCN(C(=O)CCN(C(C)=O)c2ccccc2)CC1. The van der Waals surface area contributed by atoms with E-state index in [1.54, 1.807) is 4.90 Å². The topological polar surface area (TPSA) is 43.9 Å². The number of rotatable bonds is 5. The maximum Gasteiger partial charge on any atom is 0.224 e. The van der Waals surface area contributed by atoms with Crippen molar-refractivity contribution < 1.29 is 9.59 Å². The molecule has 1 fully saturated rings. The number of para-hydroxylation sites is 1. The molecule has 0 atom stereocenters. The first-order valence-corrected chi connectivity index (χ1v) is 7.95. The molecule has 0 aromatic heterocycles. The fraction of sp³-hybridized carbons (Fsp3) is 0.529. The minimum Gasteiger partial charge on any atom is -0.340 e. The van der Waals surface area contributed by atoms with Crippen molar-refractivity contribution in [3.63, 3.8) is 0 Å². The summed E-state index contributed by atoms with van der Waals surface area (Å²) in [6.07, 6.45) is 0.376. The van der Waals surface area contributed by atoms with Crippen molar-refractivity contribution in [2.45, 2.75) is 20.3 Å². The summed E-state index contributed by atoms with van der Waals surface area (Å²) in [5.41, 5.74) is 0.846. The number of amides is 2. The van der Waals surface area contributed by atoms with Crippen LogP contribution in [0.2, 0.25) is 0 Å². The molecular formula is C17H25N3O2. The third-order valence-corrected chi connectivity index (χ3v) is 4.17. The molecule has 0 spiro atoms. The molecule has 22 heavy (non-hydrogen) atoms. The summed E-state index contributed by atoms with van der Waals surface area (Å²) in [4.78, 5) is 30.1.